The number of sulfone groups is 1. The SMILES string of the molecule is CC(C)OCCCNC(=O)c1cccc(NC2=NC3CS(=O)(=O)CC3S2)c1. The zero-order chi connectivity index (χ0) is 19.4. The summed E-state index contributed by atoms with van der Waals surface area (Å²) in [4.78, 5) is 16.8. The maximum absolute atomic E-state index is 12.3. The maximum atomic E-state index is 12.3. The molecule has 2 N–H and O–H groups in total. The highest BCUT2D eigenvalue weighted by molar-refractivity contribution is 8.15. The maximum Gasteiger partial charge on any atom is 0.251 e. The fourth-order valence-electron chi connectivity index (χ4n) is 2.97. The monoisotopic (exact) mass is 411 g/mol. The summed E-state index contributed by atoms with van der Waals surface area (Å²) in [7, 11) is -2.96. The molecule has 0 radical (unpaired) electrons. The second-order valence-electron chi connectivity index (χ2n) is 6.97. The summed E-state index contributed by atoms with van der Waals surface area (Å²) >= 11 is 1.46. The number of aliphatic imine (C=N–C) groups is 1. The minimum absolute atomic E-state index is 0.00274. The van der Waals surface area contributed by atoms with Crippen LogP contribution in [-0.2, 0) is 14.6 Å². The molecule has 2 unspecified atom stereocenters. The number of anilines is 1. The van der Waals surface area contributed by atoms with Crippen molar-refractivity contribution in [3.8, 4) is 0 Å². The van der Waals surface area contributed by atoms with Crippen molar-refractivity contribution in [2.75, 3.05) is 30.0 Å². The minimum Gasteiger partial charge on any atom is -0.379 e. The molecule has 148 valence electrons. The van der Waals surface area contributed by atoms with Gasteiger partial charge in [-0.1, -0.05) is 17.8 Å². The lowest BCUT2D eigenvalue weighted by Crippen LogP contribution is -2.25. The van der Waals surface area contributed by atoms with Crippen molar-refractivity contribution < 1.29 is 17.9 Å². The Morgan fingerprint density at radius 3 is 2.93 bits per heavy atom. The Kier molecular flexibility index (Phi) is 6.44. The number of nitrogens with one attached hydrogen (secondary N) is 2. The van der Waals surface area contributed by atoms with Crippen LogP contribution in [0, 0.1) is 0 Å². The van der Waals surface area contributed by atoms with E-state index in [4.69, 9.17) is 4.74 Å². The van der Waals surface area contributed by atoms with Crippen LogP contribution in [-0.4, -0.2) is 61.5 Å². The van der Waals surface area contributed by atoms with E-state index in [0.29, 0.717) is 23.9 Å². The molecule has 1 amide bonds. The molecule has 0 aliphatic carbocycles. The van der Waals surface area contributed by atoms with E-state index in [1.807, 2.05) is 26.0 Å². The Morgan fingerprint density at radius 2 is 2.19 bits per heavy atom. The van der Waals surface area contributed by atoms with Crippen LogP contribution in [0.4, 0.5) is 5.69 Å². The predicted molar refractivity (Wildman–Crippen MR) is 109 cm³/mol. The minimum atomic E-state index is -2.96. The molecule has 2 aliphatic rings. The largest absolute Gasteiger partial charge is 0.379 e. The molecule has 1 saturated heterocycles. The molecular formula is C18H25N3O4S2. The molecule has 2 heterocycles. The third kappa shape index (κ3) is 5.70. The molecule has 2 aliphatic heterocycles. The Morgan fingerprint density at radius 1 is 1.37 bits per heavy atom. The zero-order valence-electron chi connectivity index (χ0n) is 15.5. The van der Waals surface area contributed by atoms with E-state index in [2.05, 4.69) is 15.6 Å². The first kappa shape index (κ1) is 20.2. The Labute approximate surface area is 164 Å². The van der Waals surface area contributed by atoms with E-state index < -0.39 is 9.84 Å². The molecule has 27 heavy (non-hydrogen) atoms. The van der Waals surface area contributed by atoms with Crippen molar-refractivity contribution in [1.29, 1.82) is 0 Å². The first-order chi connectivity index (χ1) is 12.8. The Bertz CT molecular complexity index is 824. The van der Waals surface area contributed by atoms with E-state index in [0.717, 1.165) is 12.1 Å². The number of carbonyl (C=O) groups excluding carboxylic acids is 1. The number of carbonyl (C=O) groups is 1. The van der Waals surface area contributed by atoms with Gasteiger partial charge in [0.05, 0.1) is 23.7 Å². The highest BCUT2D eigenvalue weighted by atomic mass is 32.2. The third-order valence-corrected chi connectivity index (χ3v) is 7.39. The molecule has 0 spiro atoms. The number of benzene rings is 1. The number of rotatable bonds is 7. The number of nitrogens with zero attached hydrogens (tertiary/aromatic N) is 1. The van der Waals surface area contributed by atoms with Crippen LogP contribution in [0.1, 0.15) is 30.6 Å². The fraction of sp³-hybridized carbons (Fsp3) is 0.556. The van der Waals surface area contributed by atoms with Gasteiger partial charge in [-0.05, 0) is 38.5 Å². The van der Waals surface area contributed by atoms with Crippen molar-refractivity contribution in [3.63, 3.8) is 0 Å². The highest BCUT2D eigenvalue weighted by Gasteiger charge is 2.42. The van der Waals surface area contributed by atoms with Gasteiger partial charge in [-0.2, -0.15) is 0 Å². The van der Waals surface area contributed by atoms with E-state index in [-0.39, 0.29) is 34.8 Å². The van der Waals surface area contributed by atoms with Gasteiger partial charge in [0.2, 0.25) is 0 Å². The van der Waals surface area contributed by atoms with Crippen molar-refractivity contribution in [2.24, 2.45) is 4.99 Å². The molecule has 0 bridgehead atoms. The lowest BCUT2D eigenvalue weighted by Gasteiger charge is -2.10. The molecular weight excluding hydrogens is 386 g/mol. The molecule has 0 saturated carbocycles. The van der Waals surface area contributed by atoms with Crippen LogP contribution in [0.2, 0.25) is 0 Å². The summed E-state index contributed by atoms with van der Waals surface area (Å²) < 4.78 is 28.7. The number of hydrogen-bond donors (Lipinski definition) is 2. The summed E-state index contributed by atoms with van der Waals surface area (Å²) in [5.41, 5.74) is 1.33. The van der Waals surface area contributed by atoms with Crippen molar-refractivity contribution in [2.45, 2.75) is 37.7 Å². The van der Waals surface area contributed by atoms with Gasteiger partial charge in [-0.15, -0.1) is 0 Å². The number of amidine groups is 1. The predicted octanol–water partition coefficient (Wildman–Crippen LogP) is 1.91. The quantitative estimate of drug-likeness (QED) is 0.666. The van der Waals surface area contributed by atoms with E-state index in [1.165, 1.54) is 11.8 Å². The molecule has 9 heteroatoms. The third-order valence-electron chi connectivity index (χ3n) is 4.25. The van der Waals surface area contributed by atoms with Gasteiger partial charge in [0.25, 0.3) is 5.91 Å². The van der Waals surface area contributed by atoms with Crippen LogP contribution in [0.5, 0.6) is 0 Å². The van der Waals surface area contributed by atoms with Crippen LogP contribution in [0.3, 0.4) is 0 Å². The van der Waals surface area contributed by atoms with Gasteiger partial charge in [0.1, 0.15) is 0 Å². The van der Waals surface area contributed by atoms with Gasteiger partial charge in [0.15, 0.2) is 15.0 Å². The second kappa shape index (κ2) is 8.62. The lowest BCUT2D eigenvalue weighted by molar-refractivity contribution is 0.0757. The summed E-state index contributed by atoms with van der Waals surface area (Å²) in [6, 6.07) is 7.04. The molecule has 1 fully saturated rings. The first-order valence-electron chi connectivity index (χ1n) is 9.04. The highest BCUT2D eigenvalue weighted by Crippen LogP contribution is 2.34. The molecule has 1 aromatic rings. The number of ether oxygens (including phenoxy) is 1. The molecule has 0 aromatic heterocycles. The van der Waals surface area contributed by atoms with Crippen LogP contribution in [0.15, 0.2) is 29.3 Å². The molecule has 7 nitrogen and oxygen atoms in total. The molecule has 2 atom stereocenters. The number of fused-ring (bicyclic) bond motifs is 1. The number of amides is 1. The zero-order valence-corrected chi connectivity index (χ0v) is 17.1. The topological polar surface area (TPSA) is 96.9 Å². The van der Waals surface area contributed by atoms with Crippen molar-refractivity contribution in [1.82, 2.24) is 5.32 Å². The average Bonchev–Trinajstić information content (AvgIpc) is 3.06. The fourth-order valence-corrected chi connectivity index (χ4v) is 6.65. The Balaban J connectivity index is 1.51. The Hall–Kier alpha value is -1.58. The molecule has 3 rings (SSSR count). The summed E-state index contributed by atoms with van der Waals surface area (Å²) in [5, 5.41) is 6.79. The van der Waals surface area contributed by atoms with Gasteiger partial charge in [-0.3, -0.25) is 9.79 Å². The van der Waals surface area contributed by atoms with E-state index in [1.54, 1.807) is 12.1 Å². The second-order valence-corrected chi connectivity index (χ2v) is 10.4. The lowest BCUT2D eigenvalue weighted by atomic mass is 10.2. The van der Waals surface area contributed by atoms with Crippen LogP contribution in [0.25, 0.3) is 0 Å². The van der Waals surface area contributed by atoms with Gasteiger partial charge in [-0.25, -0.2) is 8.42 Å². The van der Waals surface area contributed by atoms with Gasteiger partial charge in [0, 0.05) is 29.7 Å². The molecule has 1 aromatic carbocycles. The number of hydrogen-bond acceptors (Lipinski definition) is 7. The smallest absolute Gasteiger partial charge is 0.251 e. The van der Waals surface area contributed by atoms with Crippen LogP contribution < -0.4 is 10.6 Å². The standard InChI is InChI=1S/C18H25N3O4S2/c1-12(2)25-8-4-7-19-17(22)13-5-3-6-14(9-13)20-18-21-15-10-27(23,24)11-16(15)26-18/h3,5-6,9,12,15-16H,4,7-8,10-11H2,1-2H3,(H,19,22)(H,20,21). The summed E-state index contributed by atoms with van der Waals surface area (Å²) in [6.07, 6.45) is 0.959. The van der Waals surface area contributed by atoms with Crippen molar-refractivity contribution >= 4 is 38.4 Å². The van der Waals surface area contributed by atoms with E-state index >= 15 is 0 Å². The summed E-state index contributed by atoms with van der Waals surface area (Å²) in [5.74, 6) is 0.172. The van der Waals surface area contributed by atoms with E-state index in [9.17, 15) is 13.2 Å². The van der Waals surface area contributed by atoms with Crippen molar-refractivity contribution in [3.05, 3.63) is 29.8 Å². The number of thioether (sulfide) groups is 1. The van der Waals surface area contributed by atoms with Crippen LogP contribution >= 0.6 is 11.8 Å². The van der Waals surface area contributed by atoms with Gasteiger partial charge >= 0.3 is 0 Å². The summed E-state index contributed by atoms with van der Waals surface area (Å²) in [6.45, 7) is 5.14. The first-order valence-corrected chi connectivity index (χ1v) is 11.7. The average molecular weight is 412 g/mol. The normalized spacial score (nSPS) is 23.1. The van der Waals surface area contributed by atoms with Gasteiger partial charge < -0.3 is 15.4 Å².